The predicted molar refractivity (Wildman–Crippen MR) is 154 cm³/mol. The van der Waals surface area contributed by atoms with Crippen LogP contribution in [0.25, 0.3) is 22.3 Å². The van der Waals surface area contributed by atoms with Crippen LogP contribution >= 0.6 is 0 Å². The fourth-order valence-corrected chi connectivity index (χ4v) is 5.87. The molecule has 0 radical (unpaired) electrons. The molecule has 1 aliphatic carbocycles. The van der Waals surface area contributed by atoms with Crippen LogP contribution in [0.15, 0.2) is 54.9 Å². The average Bonchev–Trinajstić information content (AvgIpc) is 3.66. The molecule has 3 heterocycles. The maximum absolute atomic E-state index is 12.1. The van der Waals surface area contributed by atoms with E-state index in [0.29, 0.717) is 17.9 Å². The van der Waals surface area contributed by atoms with Crippen molar-refractivity contribution >= 4 is 34.9 Å². The van der Waals surface area contributed by atoms with Crippen molar-refractivity contribution in [2.45, 2.75) is 51.2 Å². The van der Waals surface area contributed by atoms with Gasteiger partial charge in [0.05, 0.1) is 6.33 Å². The van der Waals surface area contributed by atoms with E-state index in [9.17, 15) is 19.6 Å². The zero-order valence-electron chi connectivity index (χ0n) is 24.1. The lowest BCUT2D eigenvalue weighted by molar-refractivity contribution is -0.166. The van der Waals surface area contributed by atoms with Crippen LogP contribution < -0.4 is 5.32 Å². The number of nitrogens with zero attached hydrogens (tertiary/aromatic N) is 5. The zero-order valence-corrected chi connectivity index (χ0v) is 24.1. The van der Waals surface area contributed by atoms with Gasteiger partial charge in [0, 0.05) is 33.2 Å². The second-order valence-electron chi connectivity index (χ2n) is 10.5. The van der Waals surface area contributed by atoms with Gasteiger partial charge in [0.2, 0.25) is 5.82 Å². The Bertz CT molecular complexity index is 1770. The van der Waals surface area contributed by atoms with Crippen LogP contribution in [-0.2, 0) is 33.3 Å². The molecular formula is C31H28N6O7. The molecule has 4 atom stereocenters. The molecule has 4 unspecified atom stereocenters. The largest absolute Gasteiger partial charge is 0.463 e. The number of carbonyl (C=O) groups is 3. The number of hydrogen-bond acceptors (Lipinski definition) is 12. The van der Waals surface area contributed by atoms with Crippen LogP contribution in [0.2, 0.25) is 0 Å². The van der Waals surface area contributed by atoms with E-state index in [-0.39, 0.29) is 24.0 Å². The van der Waals surface area contributed by atoms with Gasteiger partial charge in [0.25, 0.3) is 0 Å². The predicted octanol–water partition coefficient (Wildman–Crippen LogP) is 3.25. The van der Waals surface area contributed by atoms with E-state index in [1.807, 2.05) is 30.3 Å². The lowest BCUT2D eigenvalue weighted by atomic mass is 9.97. The molecule has 0 spiro atoms. The van der Waals surface area contributed by atoms with Gasteiger partial charge in [0.15, 0.2) is 35.4 Å². The van der Waals surface area contributed by atoms with E-state index < -0.39 is 42.4 Å². The Morgan fingerprint density at radius 3 is 2.18 bits per heavy atom. The van der Waals surface area contributed by atoms with Gasteiger partial charge in [-0.15, -0.1) is 0 Å². The van der Waals surface area contributed by atoms with Gasteiger partial charge >= 0.3 is 17.9 Å². The summed E-state index contributed by atoms with van der Waals surface area (Å²) in [5, 5.41) is 13.2. The van der Waals surface area contributed by atoms with Crippen LogP contribution in [0.5, 0.6) is 0 Å². The Kier molecular flexibility index (Phi) is 7.67. The Morgan fingerprint density at radius 2 is 1.57 bits per heavy atom. The summed E-state index contributed by atoms with van der Waals surface area (Å²) in [5.41, 5.74) is 5.27. The van der Waals surface area contributed by atoms with Crippen LogP contribution in [-0.4, -0.2) is 68.9 Å². The fourth-order valence-electron chi connectivity index (χ4n) is 5.87. The van der Waals surface area contributed by atoms with Crippen LogP contribution in [0, 0.1) is 11.3 Å². The van der Waals surface area contributed by atoms with Crippen molar-refractivity contribution in [3.05, 3.63) is 71.8 Å². The third kappa shape index (κ3) is 5.31. The van der Waals surface area contributed by atoms with Gasteiger partial charge in [-0.1, -0.05) is 48.5 Å². The molecule has 1 N–H and O–H groups in total. The van der Waals surface area contributed by atoms with Crippen molar-refractivity contribution in [2.24, 2.45) is 0 Å². The minimum absolute atomic E-state index is 0.0260. The van der Waals surface area contributed by atoms with Gasteiger partial charge in [-0.2, -0.15) is 15.2 Å². The first-order valence-electron chi connectivity index (χ1n) is 13.9. The highest BCUT2D eigenvalue weighted by atomic mass is 16.7. The maximum Gasteiger partial charge on any atom is 0.303 e. The smallest absolute Gasteiger partial charge is 0.303 e. The fraction of sp³-hybridized carbons (Fsp3) is 0.323. The number of anilines is 1. The van der Waals surface area contributed by atoms with Crippen LogP contribution in [0.1, 0.15) is 49.9 Å². The van der Waals surface area contributed by atoms with E-state index in [2.05, 4.69) is 44.5 Å². The summed E-state index contributed by atoms with van der Waals surface area (Å²) in [4.78, 5) is 48.9. The summed E-state index contributed by atoms with van der Waals surface area (Å²) in [6, 6.07) is 18.4. The number of nitriles is 1. The van der Waals surface area contributed by atoms with Crippen molar-refractivity contribution < 1.29 is 33.3 Å². The van der Waals surface area contributed by atoms with Crippen LogP contribution in [0.4, 0.5) is 5.82 Å². The molecule has 1 saturated heterocycles. The molecule has 2 aromatic heterocycles. The number of benzene rings is 2. The Labute approximate surface area is 251 Å². The Hall–Kier alpha value is -5.35. The first-order valence-corrected chi connectivity index (χ1v) is 13.9. The second kappa shape index (κ2) is 11.7. The lowest BCUT2D eigenvalue weighted by Crippen LogP contribution is -2.40. The summed E-state index contributed by atoms with van der Waals surface area (Å²) in [6.07, 6.45) is -2.87. The van der Waals surface area contributed by atoms with Crippen LogP contribution in [0.3, 0.4) is 0 Å². The first kappa shape index (κ1) is 28.8. The molecule has 224 valence electrons. The van der Waals surface area contributed by atoms with Crippen molar-refractivity contribution in [3.63, 3.8) is 0 Å². The van der Waals surface area contributed by atoms with Crippen molar-refractivity contribution in [1.29, 1.82) is 5.26 Å². The van der Waals surface area contributed by atoms with E-state index in [4.69, 9.17) is 18.9 Å². The maximum atomic E-state index is 12.1. The number of fused-ring (bicyclic) bond motifs is 4. The number of carbonyl (C=O) groups excluding carboxylic acids is 3. The summed E-state index contributed by atoms with van der Waals surface area (Å²) >= 11 is 0. The number of ether oxygens (including phenoxy) is 4. The van der Waals surface area contributed by atoms with E-state index in [1.54, 1.807) is 0 Å². The number of imidazole rings is 1. The highest BCUT2D eigenvalue weighted by Crippen LogP contribution is 2.44. The number of aromatic nitrogens is 4. The monoisotopic (exact) mass is 596 g/mol. The molecule has 13 nitrogen and oxygen atoms in total. The molecule has 6 rings (SSSR count). The van der Waals surface area contributed by atoms with E-state index >= 15 is 0 Å². The minimum atomic E-state index is -1.14. The third-order valence-electron chi connectivity index (χ3n) is 7.57. The molecule has 2 aromatic carbocycles. The van der Waals surface area contributed by atoms with Gasteiger partial charge in [-0.05, 0) is 22.3 Å². The van der Waals surface area contributed by atoms with Gasteiger partial charge < -0.3 is 24.3 Å². The Morgan fingerprint density at radius 1 is 0.932 bits per heavy atom. The average molecular weight is 597 g/mol. The molecule has 2 aliphatic rings. The number of esters is 3. The number of rotatable bonds is 8. The molecule has 0 bridgehead atoms. The molecule has 0 amide bonds. The lowest BCUT2D eigenvalue weighted by Gasteiger charge is -2.23. The van der Waals surface area contributed by atoms with Gasteiger partial charge in [0.1, 0.15) is 18.8 Å². The molecule has 0 saturated carbocycles. The molecule has 1 aliphatic heterocycles. The number of hydrogen-bond donors (Lipinski definition) is 1. The van der Waals surface area contributed by atoms with Gasteiger partial charge in [-0.25, -0.2) is 4.98 Å². The molecular weight excluding hydrogens is 568 g/mol. The highest BCUT2D eigenvalue weighted by Gasteiger charge is 2.51. The molecule has 1 fully saturated rings. The first-order chi connectivity index (χ1) is 21.2. The molecule has 44 heavy (non-hydrogen) atoms. The topological polar surface area (TPSA) is 168 Å². The van der Waals surface area contributed by atoms with E-state index in [1.165, 1.54) is 53.9 Å². The SMILES string of the molecule is CC(=O)OCC1OC(n2cnc3c(NCC4c5ccccc5-c5ccccc54)nc(C#N)nc32)C(OC(C)=O)C1OC(C)=O. The summed E-state index contributed by atoms with van der Waals surface area (Å²) in [6.45, 7) is 3.86. The zero-order chi connectivity index (χ0) is 31.0. The van der Waals surface area contributed by atoms with Crippen molar-refractivity contribution in [3.8, 4) is 17.2 Å². The van der Waals surface area contributed by atoms with Gasteiger partial charge in [-0.3, -0.25) is 19.0 Å². The second-order valence-corrected chi connectivity index (χ2v) is 10.5. The minimum Gasteiger partial charge on any atom is -0.463 e. The quantitative estimate of drug-likeness (QED) is 0.233. The highest BCUT2D eigenvalue weighted by molar-refractivity contribution is 5.84. The van der Waals surface area contributed by atoms with E-state index in [0.717, 1.165) is 0 Å². The normalized spacial score (nSPS) is 20.4. The summed E-state index contributed by atoms with van der Waals surface area (Å²) < 4.78 is 23.8. The summed E-state index contributed by atoms with van der Waals surface area (Å²) in [5.74, 6) is -1.62. The third-order valence-corrected chi connectivity index (χ3v) is 7.57. The molecule has 13 heteroatoms. The number of nitrogens with one attached hydrogen (secondary N) is 1. The molecule has 4 aromatic rings. The summed E-state index contributed by atoms with van der Waals surface area (Å²) in [7, 11) is 0. The van der Waals surface area contributed by atoms with Crippen molar-refractivity contribution in [2.75, 3.05) is 18.5 Å². The standard InChI is InChI=1S/C31H28N6O7/c1-16(38)41-14-24-27(42-17(2)39)28(43-18(3)40)31(44-24)37-15-34-26-29(35-25(12-32)36-30(26)37)33-13-23-21-10-6-4-8-19(21)20-9-5-7-11-22(20)23/h4-11,15,23-24,27-28,31H,13-14H2,1-3H3,(H,33,35,36). The Balaban J connectivity index is 1.36. The van der Waals surface area contributed by atoms with Crippen molar-refractivity contribution in [1.82, 2.24) is 19.5 Å².